The number of nitrogens with zero attached hydrogens (tertiary/aromatic N) is 1. The van der Waals surface area contributed by atoms with Crippen LogP contribution < -0.4 is 16.2 Å². The standard InChI is InChI=1S/C13H15N3O2/c1-8(13(15)17)7-18-11-5-4-10(14)9-3-2-6-16-12(9)11/h2-6,8H,7,14H2,1H3,(H2,15,17). The average molecular weight is 245 g/mol. The number of hydrogen-bond acceptors (Lipinski definition) is 4. The second kappa shape index (κ2) is 4.91. The molecule has 0 aliphatic heterocycles. The molecular weight excluding hydrogens is 230 g/mol. The van der Waals surface area contributed by atoms with Crippen LogP contribution in [0.2, 0.25) is 0 Å². The molecule has 5 heteroatoms. The van der Waals surface area contributed by atoms with Crippen LogP contribution in [0.1, 0.15) is 6.92 Å². The van der Waals surface area contributed by atoms with E-state index in [-0.39, 0.29) is 18.4 Å². The van der Waals surface area contributed by atoms with Crippen molar-refractivity contribution in [2.24, 2.45) is 11.7 Å². The quantitative estimate of drug-likeness (QED) is 0.794. The van der Waals surface area contributed by atoms with Crippen LogP contribution in [0.4, 0.5) is 5.69 Å². The average Bonchev–Trinajstić information content (AvgIpc) is 2.38. The predicted octanol–water partition coefficient (Wildman–Crippen LogP) is 1.32. The maximum absolute atomic E-state index is 10.9. The molecule has 18 heavy (non-hydrogen) atoms. The molecule has 1 aromatic carbocycles. The topological polar surface area (TPSA) is 91.2 Å². The molecule has 94 valence electrons. The van der Waals surface area contributed by atoms with Crippen molar-refractivity contribution in [1.29, 1.82) is 0 Å². The fourth-order valence-corrected chi connectivity index (χ4v) is 1.58. The van der Waals surface area contributed by atoms with Gasteiger partial charge in [-0.05, 0) is 24.3 Å². The number of amides is 1. The first kappa shape index (κ1) is 12.2. The molecule has 2 rings (SSSR count). The van der Waals surface area contributed by atoms with Gasteiger partial charge in [-0.25, -0.2) is 0 Å². The number of hydrogen-bond donors (Lipinski definition) is 2. The summed E-state index contributed by atoms with van der Waals surface area (Å²) in [6.07, 6.45) is 1.67. The Morgan fingerprint density at radius 1 is 1.44 bits per heavy atom. The number of anilines is 1. The van der Waals surface area contributed by atoms with Crippen molar-refractivity contribution in [2.75, 3.05) is 12.3 Å². The summed E-state index contributed by atoms with van der Waals surface area (Å²) in [4.78, 5) is 15.2. The number of pyridine rings is 1. The molecule has 1 amide bonds. The highest BCUT2D eigenvalue weighted by molar-refractivity contribution is 5.94. The van der Waals surface area contributed by atoms with Gasteiger partial charge in [-0.1, -0.05) is 6.92 Å². The number of carbonyl (C=O) groups excluding carboxylic acids is 1. The number of ether oxygens (including phenoxy) is 1. The Morgan fingerprint density at radius 3 is 2.94 bits per heavy atom. The van der Waals surface area contributed by atoms with Gasteiger partial charge in [0, 0.05) is 17.3 Å². The lowest BCUT2D eigenvalue weighted by Crippen LogP contribution is -2.25. The van der Waals surface area contributed by atoms with Crippen molar-refractivity contribution in [3.8, 4) is 5.75 Å². The van der Waals surface area contributed by atoms with Crippen LogP contribution in [0, 0.1) is 5.92 Å². The molecule has 1 heterocycles. The van der Waals surface area contributed by atoms with Gasteiger partial charge in [0.15, 0.2) is 0 Å². The number of carbonyl (C=O) groups is 1. The van der Waals surface area contributed by atoms with Crippen LogP contribution in [0.25, 0.3) is 10.9 Å². The molecule has 1 atom stereocenters. The summed E-state index contributed by atoms with van der Waals surface area (Å²) in [6.45, 7) is 1.94. The van der Waals surface area contributed by atoms with E-state index in [1.165, 1.54) is 0 Å². The van der Waals surface area contributed by atoms with Gasteiger partial charge >= 0.3 is 0 Å². The van der Waals surface area contributed by atoms with Gasteiger partial charge in [0.05, 0.1) is 12.5 Å². The fourth-order valence-electron chi connectivity index (χ4n) is 1.58. The summed E-state index contributed by atoms with van der Waals surface area (Å²) in [5, 5.41) is 0.835. The van der Waals surface area contributed by atoms with E-state index in [0.29, 0.717) is 17.0 Å². The van der Waals surface area contributed by atoms with E-state index in [9.17, 15) is 4.79 Å². The van der Waals surface area contributed by atoms with E-state index < -0.39 is 0 Å². The lowest BCUT2D eigenvalue weighted by atomic mass is 10.1. The first-order chi connectivity index (χ1) is 8.59. The minimum Gasteiger partial charge on any atom is -0.490 e. The second-order valence-corrected chi connectivity index (χ2v) is 4.17. The van der Waals surface area contributed by atoms with Crippen molar-refractivity contribution >= 4 is 22.5 Å². The third-order valence-electron chi connectivity index (χ3n) is 2.74. The van der Waals surface area contributed by atoms with Gasteiger partial charge in [0.2, 0.25) is 5.91 Å². The molecule has 0 bridgehead atoms. The zero-order chi connectivity index (χ0) is 13.1. The fraction of sp³-hybridized carbons (Fsp3) is 0.231. The third kappa shape index (κ3) is 2.34. The van der Waals surface area contributed by atoms with Gasteiger partial charge in [-0.3, -0.25) is 9.78 Å². The first-order valence-corrected chi connectivity index (χ1v) is 5.65. The number of benzene rings is 1. The van der Waals surface area contributed by atoms with Crippen LogP contribution in [-0.2, 0) is 4.79 Å². The minimum absolute atomic E-state index is 0.227. The number of nitrogens with two attached hydrogens (primary N) is 2. The van der Waals surface area contributed by atoms with Gasteiger partial charge in [-0.2, -0.15) is 0 Å². The predicted molar refractivity (Wildman–Crippen MR) is 70.0 cm³/mol. The Labute approximate surface area is 105 Å². The molecule has 0 aliphatic carbocycles. The summed E-state index contributed by atoms with van der Waals surface area (Å²) in [5.74, 6) is -0.128. The molecule has 0 radical (unpaired) electrons. The summed E-state index contributed by atoms with van der Waals surface area (Å²) < 4.78 is 5.58. The maximum Gasteiger partial charge on any atom is 0.223 e. The Bertz CT molecular complexity index is 583. The summed E-state index contributed by atoms with van der Waals surface area (Å²) >= 11 is 0. The lowest BCUT2D eigenvalue weighted by Gasteiger charge is -2.12. The van der Waals surface area contributed by atoms with Gasteiger partial charge < -0.3 is 16.2 Å². The highest BCUT2D eigenvalue weighted by atomic mass is 16.5. The number of nitrogen functional groups attached to an aromatic ring is 1. The van der Waals surface area contributed by atoms with E-state index in [2.05, 4.69) is 4.98 Å². The minimum atomic E-state index is -0.386. The van der Waals surface area contributed by atoms with Crippen LogP contribution in [-0.4, -0.2) is 17.5 Å². The highest BCUT2D eigenvalue weighted by Crippen LogP contribution is 2.28. The molecule has 5 nitrogen and oxygen atoms in total. The number of fused-ring (bicyclic) bond motifs is 1. The van der Waals surface area contributed by atoms with Crippen molar-refractivity contribution in [2.45, 2.75) is 6.92 Å². The molecular formula is C13H15N3O2. The van der Waals surface area contributed by atoms with Crippen LogP contribution in [0.5, 0.6) is 5.75 Å². The van der Waals surface area contributed by atoms with Crippen LogP contribution in [0.3, 0.4) is 0 Å². The second-order valence-electron chi connectivity index (χ2n) is 4.17. The Morgan fingerprint density at radius 2 is 2.22 bits per heavy atom. The van der Waals surface area contributed by atoms with Crippen LogP contribution >= 0.6 is 0 Å². The molecule has 2 aromatic rings. The van der Waals surface area contributed by atoms with Crippen molar-refractivity contribution in [3.63, 3.8) is 0 Å². The van der Waals surface area contributed by atoms with Gasteiger partial charge in [0.1, 0.15) is 11.3 Å². The summed E-state index contributed by atoms with van der Waals surface area (Å²) in [7, 11) is 0. The Balaban J connectivity index is 2.29. The molecule has 1 aromatic heterocycles. The van der Waals surface area contributed by atoms with Crippen molar-refractivity contribution < 1.29 is 9.53 Å². The van der Waals surface area contributed by atoms with E-state index >= 15 is 0 Å². The molecule has 0 saturated carbocycles. The zero-order valence-corrected chi connectivity index (χ0v) is 10.1. The number of primary amides is 1. The van der Waals surface area contributed by atoms with E-state index in [4.69, 9.17) is 16.2 Å². The summed E-state index contributed by atoms with van der Waals surface area (Å²) in [6, 6.07) is 7.20. The Kier molecular flexibility index (Phi) is 3.32. The molecule has 1 unspecified atom stereocenters. The lowest BCUT2D eigenvalue weighted by molar-refractivity contribution is -0.122. The maximum atomic E-state index is 10.9. The smallest absolute Gasteiger partial charge is 0.223 e. The van der Waals surface area contributed by atoms with Crippen molar-refractivity contribution in [1.82, 2.24) is 4.98 Å². The molecule has 0 saturated heterocycles. The SMILES string of the molecule is CC(COc1ccc(N)c2cccnc12)C(N)=O. The van der Waals surface area contributed by atoms with Crippen LogP contribution in [0.15, 0.2) is 30.5 Å². The van der Waals surface area contributed by atoms with Gasteiger partial charge in [0.25, 0.3) is 0 Å². The van der Waals surface area contributed by atoms with E-state index in [1.807, 2.05) is 12.1 Å². The monoisotopic (exact) mass is 245 g/mol. The summed E-state index contributed by atoms with van der Waals surface area (Å²) in [5.41, 5.74) is 12.4. The van der Waals surface area contributed by atoms with E-state index in [1.54, 1.807) is 25.3 Å². The molecule has 0 fully saturated rings. The molecule has 0 spiro atoms. The van der Waals surface area contributed by atoms with E-state index in [0.717, 1.165) is 5.39 Å². The molecule has 0 aliphatic rings. The molecule has 4 N–H and O–H groups in total. The third-order valence-corrected chi connectivity index (χ3v) is 2.74. The van der Waals surface area contributed by atoms with Gasteiger partial charge in [-0.15, -0.1) is 0 Å². The largest absolute Gasteiger partial charge is 0.490 e. The first-order valence-electron chi connectivity index (χ1n) is 5.65. The number of aromatic nitrogens is 1. The van der Waals surface area contributed by atoms with Crippen molar-refractivity contribution in [3.05, 3.63) is 30.5 Å². The normalized spacial score (nSPS) is 12.3. The zero-order valence-electron chi connectivity index (χ0n) is 10.1. The highest BCUT2D eigenvalue weighted by Gasteiger charge is 2.11. The number of rotatable bonds is 4. The Hall–Kier alpha value is -2.30.